The Morgan fingerprint density at radius 2 is 1.86 bits per heavy atom. The standard InChI is InChI=1S/C15H8BrClFNO2S/c16-10-4-6-11(7-5-10)22(20,21)12(9-19)8-13-14(17)2-1-3-15(13)18/h1-8H. The lowest BCUT2D eigenvalue weighted by Gasteiger charge is -2.05. The molecule has 0 spiro atoms. The number of benzene rings is 2. The molecule has 0 radical (unpaired) electrons. The zero-order valence-corrected chi connectivity index (χ0v) is 14.1. The summed E-state index contributed by atoms with van der Waals surface area (Å²) in [7, 11) is -4.05. The molecule has 2 aromatic carbocycles. The Kier molecular flexibility index (Phi) is 5.01. The van der Waals surface area contributed by atoms with Crippen LogP contribution >= 0.6 is 27.5 Å². The molecule has 0 bridgehead atoms. The van der Waals surface area contributed by atoms with Gasteiger partial charge < -0.3 is 0 Å². The minimum absolute atomic E-state index is 0.0266. The topological polar surface area (TPSA) is 57.9 Å². The maximum atomic E-state index is 13.8. The van der Waals surface area contributed by atoms with Crippen molar-refractivity contribution in [1.82, 2.24) is 0 Å². The second-order valence-electron chi connectivity index (χ2n) is 4.21. The fourth-order valence-electron chi connectivity index (χ4n) is 1.69. The zero-order chi connectivity index (χ0) is 16.3. The highest BCUT2D eigenvalue weighted by atomic mass is 79.9. The number of nitrogens with zero attached hydrogens (tertiary/aromatic N) is 1. The molecule has 3 nitrogen and oxygen atoms in total. The van der Waals surface area contributed by atoms with Gasteiger partial charge in [-0.1, -0.05) is 33.6 Å². The van der Waals surface area contributed by atoms with E-state index >= 15 is 0 Å². The highest BCUT2D eigenvalue weighted by Crippen LogP contribution is 2.26. The molecule has 0 unspecified atom stereocenters. The molecule has 0 aliphatic heterocycles. The van der Waals surface area contributed by atoms with Gasteiger partial charge in [0.1, 0.15) is 16.8 Å². The van der Waals surface area contributed by atoms with Crippen molar-refractivity contribution in [3.63, 3.8) is 0 Å². The second kappa shape index (κ2) is 6.61. The van der Waals surface area contributed by atoms with Crippen LogP contribution in [0.15, 0.2) is 56.7 Å². The first kappa shape index (κ1) is 16.7. The van der Waals surface area contributed by atoms with Crippen LogP contribution in [0.1, 0.15) is 5.56 Å². The molecule has 2 rings (SSSR count). The Morgan fingerprint density at radius 3 is 2.41 bits per heavy atom. The predicted molar refractivity (Wildman–Crippen MR) is 86.3 cm³/mol. The van der Waals surface area contributed by atoms with Crippen LogP contribution in [0.4, 0.5) is 4.39 Å². The Labute approximate surface area is 140 Å². The first-order chi connectivity index (χ1) is 10.4. The van der Waals surface area contributed by atoms with Gasteiger partial charge in [0.05, 0.1) is 9.92 Å². The van der Waals surface area contributed by atoms with Crippen LogP contribution in [0.3, 0.4) is 0 Å². The molecule has 22 heavy (non-hydrogen) atoms. The number of hydrogen-bond acceptors (Lipinski definition) is 3. The number of nitriles is 1. The molecule has 0 atom stereocenters. The molecule has 0 saturated heterocycles. The van der Waals surface area contributed by atoms with Crippen molar-refractivity contribution < 1.29 is 12.8 Å². The van der Waals surface area contributed by atoms with E-state index in [1.165, 1.54) is 36.4 Å². The van der Waals surface area contributed by atoms with E-state index in [9.17, 15) is 12.8 Å². The number of sulfone groups is 1. The highest BCUT2D eigenvalue weighted by Gasteiger charge is 2.21. The lowest BCUT2D eigenvalue weighted by molar-refractivity contribution is 0.603. The summed E-state index contributed by atoms with van der Waals surface area (Å²) in [5.74, 6) is -0.703. The lowest BCUT2D eigenvalue weighted by atomic mass is 10.2. The minimum atomic E-state index is -4.05. The molecule has 0 heterocycles. The molecule has 7 heteroatoms. The largest absolute Gasteiger partial charge is 0.218 e. The van der Waals surface area contributed by atoms with Gasteiger partial charge in [-0.05, 0) is 42.5 Å². The van der Waals surface area contributed by atoms with E-state index in [0.717, 1.165) is 12.1 Å². The van der Waals surface area contributed by atoms with Gasteiger partial charge in [-0.3, -0.25) is 0 Å². The Hall–Kier alpha value is -1.68. The molecule has 0 aromatic heterocycles. The van der Waals surface area contributed by atoms with Gasteiger partial charge in [0, 0.05) is 10.0 Å². The van der Waals surface area contributed by atoms with Gasteiger partial charge in [0.15, 0.2) is 0 Å². The quantitative estimate of drug-likeness (QED) is 0.709. The van der Waals surface area contributed by atoms with Crippen LogP contribution in [0.2, 0.25) is 5.02 Å². The van der Waals surface area contributed by atoms with E-state index < -0.39 is 20.6 Å². The summed E-state index contributed by atoms with van der Waals surface area (Å²) in [5, 5.41) is 9.18. The predicted octanol–water partition coefficient (Wildman–Crippen LogP) is 4.58. The molecule has 0 saturated carbocycles. The summed E-state index contributed by atoms with van der Waals surface area (Å²) >= 11 is 9.05. The molecular formula is C15H8BrClFNO2S. The van der Waals surface area contributed by atoms with E-state index in [4.69, 9.17) is 16.9 Å². The van der Waals surface area contributed by atoms with E-state index in [2.05, 4.69) is 15.9 Å². The number of hydrogen-bond donors (Lipinski definition) is 0. The Morgan fingerprint density at radius 1 is 1.23 bits per heavy atom. The number of allylic oxidation sites excluding steroid dienone is 1. The second-order valence-corrected chi connectivity index (χ2v) is 7.45. The van der Waals surface area contributed by atoms with Crippen molar-refractivity contribution in [3.05, 3.63) is 68.2 Å². The fourth-order valence-corrected chi connectivity index (χ4v) is 3.31. The maximum Gasteiger partial charge on any atom is 0.216 e. The summed E-state index contributed by atoms with van der Waals surface area (Å²) < 4.78 is 39.3. The minimum Gasteiger partial charge on any atom is -0.218 e. The normalized spacial score (nSPS) is 12.0. The average molecular weight is 401 g/mol. The summed E-state index contributed by atoms with van der Waals surface area (Å²) in [5.41, 5.74) is -0.138. The van der Waals surface area contributed by atoms with Crippen molar-refractivity contribution in [2.75, 3.05) is 0 Å². The Balaban J connectivity index is 2.59. The maximum absolute atomic E-state index is 13.8. The third-order valence-corrected chi connectivity index (χ3v) is 5.34. The monoisotopic (exact) mass is 399 g/mol. The van der Waals surface area contributed by atoms with Crippen LogP contribution in [0.5, 0.6) is 0 Å². The molecular weight excluding hydrogens is 393 g/mol. The van der Waals surface area contributed by atoms with Crippen molar-refractivity contribution >= 4 is 43.4 Å². The number of halogens is 3. The van der Waals surface area contributed by atoms with E-state index in [1.807, 2.05) is 0 Å². The molecule has 0 aliphatic carbocycles. The van der Waals surface area contributed by atoms with Gasteiger partial charge >= 0.3 is 0 Å². The van der Waals surface area contributed by atoms with Crippen LogP contribution in [-0.2, 0) is 9.84 Å². The van der Waals surface area contributed by atoms with Gasteiger partial charge in [-0.2, -0.15) is 5.26 Å². The first-order valence-corrected chi connectivity index (χ1v) is 8.58. The van der Waals surface area contributed by atoms with Gasteiger partial charge in [0.25, 0.3) is 0 Å². The van der Waals surface area contributed by atoms with Crippen LogP contribution < -0.4 is 0 Å². The van der Waals surface area contributed by atoms with E-state index in [0.29, 0.717) is 4.47 Å². The van der Waals surface area contributed by atoms with E-state index in [-0.39, 0.29) is 15.5 Å². The van der Waals surface area contributed by atoms with Crippen LogP contribution in [-0.4, -0.2) is 8.42 Å². The van der Waals surface area contributed by atoms with Crippen LogP contribution in [0.25, 0.3) is 6.08 Å². The van der Waals surface area contributed by atoms with E-state index in [1.54, 1.807) is 6.07 Å². The van der Waals surface area contributed by atoms with Gasteiger partial charge in [-0.25, -0.2) is 12.8 Å². The molecule has 0 aliphatic rings. The molecule has 0 N–H and O–H groups in total. The van der Waals surface area contributed by atoms with Crippen molar-refractivity contribution in [3.8, 4) is 6.07 Å². The SMILES string of the molecule is N#CC(=Cc1c(F)cccc1Cl)S(=O)(=O)c1ccc(Br)cc1. The Bertz CT molecular complexity index is 866. The van der Waals surface area contributed by atoms with Crippen molar-refractivity contribution in [1.29, 1.82) is 5.26 Å². The fraction of sp³-hybridized carbons (Fsp3) is 0. The molecule has 0 amide bonds. The van der Waals surface area contributed by atoms with Gasteiger partial charge in [0.2, 0.25) is 9.84 Å². The first-order valence-electron chi connectivity index (χ1n) is 5.92. The summed E-state index contributed by atoms with van der Waals surface area (Å²) in [6.45, 7) is 0. The number of rotatable bonds is 3. The van der Waals surface area contributed by atoms with Crippen molar-refractivity contribution in [2.45, 2.75) is 4.90 Å². The molecule has 2 aromatic rings. The van der Waals surface area contributed by atoms with Gasteiger partial charge in [-0.15, -0.1) is 0 Å². The third kappa shape index (κ3) is 3.38. The van der Waals surface area contributed by atoms with Crippen molar-refractivity contribution in [2.24, 2.45) is 0 Å². The third-order valence-electron chi connectivity index (χ3n) is 2.80. The molecule has 112 valence electrons. The summed E-state index contributed by atoms with van der Waals surface area (Å²) in [6.07, 6.45) is 0.940. The average Bonchev–Trinajstić information content (AvgIpc) is 2.47. The lowest BCUT2D eigenvalue weighted by Crippen LogP contribution is -2.03. The van der Waals surface area contributed by atoms with Crippen LogP contribution in [0, 0.1) is 17.1 Å². The highest BCUT2D eigenvalue weighted by molar-refractivity contribution is 9.10. The summed E-state index contributed by atoms with van der Waals surface area (Å²) in [4.78, 5) is -0.641. The zero-order valence-electron chi connectivity index (χ0n) is 10.9. The smallest absolute Gasteiger partial charge is 0.216 e. The summed E-state index contributed by atoms with van der Waals surface area (Å²) in [6, 6.07) is 11.3. The molecule has 0 fully saturated rings.